The van der Waals surface area contributed by atoms with Gasteiger partial charge in [0.15, 0.2) is 0 Å². The van der Waals surface area contributed by atoms with Crippen molar-refractivity contribution in [1.29, 1.82) is 0 Å². The molecule has 2 heteroatoms. The van der Waals surface area contributed by atoms with Crippen LogP contribution in [0.5, 0.6) is 0 Å². The summed E-state index contributed by atoms with van der Waals surface area (Å²) in [5.74, 6) is 2.70. The van der Waals surface area contributed by atoms with Gasteiger partial charge in [-0.05, 0) is 49.3 Å². The van der Waals surface area contributed by atoms with E-state index in [1.54, 1.807) is 0 Å². The Kier molecular flexibility index (Phi) is 3.47. The summed E-state index contributed by atoms with van der Waals surface area (Å²) in [7, 11) is 0. The number of nitrogens with zero attached hydrogens (tertiary/aromatic N) is 1. The van der Waals surface area contributed by atoms with Gasteiger partial charge in [-0.1, -0.05) is 20.3 Å². The van der Waals surface area contributed by atoms with Crippen LogP contribution in [0.1, 0.15) is 38.7 Å². The fraction of sp³-hybridized carbons (Fsp3) is 0.643. The van der Waals surface area contributed by atoms with Crippen molar-refractivity contribution in [2.75, 3.05) is 5.32 Å². The molecular weight excluding hydrogens is 196 g/mol. The summed E-state index contributed by atoms with van der Waals surface area (Å²) >= 11 is 0. The molecule has 3 unspecified atom stereocenters. The van der Waals surface area contributed by atoms with E-state index in [0.29, 0.717) is 6.04 Å². The fourth-order valence-electron chi connectivity index (χ4n) is 2.83. The van der Waals surface area contributed by atoms with Crippen LogP contribution < -0.4 is 5.32 Å². The maximum absolute atomic E-state index is 4.38. The number of pyridine rings is 1. The van der Waals surface area contributed by atoms with E-state index in [-0.39, 0.29) is 0 Å². The average molecular weight is 218 g/mol. The van der Waals surface area contributed by atoms with Gasteiger partial charge in [0, 0.05) is 12.2 Å². The third-order valence-electron chi connectivity index (χ3n) is 4.00. The second kappa shape index (κ2) is 4.86. The van der Waals surface area contributed by atoms with Gasteiger partial charge in [0.2, 0.25) is 0 Å². The van der Waals surface area contributed by atoms with Crippen molar-refractivity contribution in [3.8, 4) is 0 Å². The molecule has 88 valence electrons. The Hall–Kier alpha value is -1.05. The molecule has 1 saturated carbocycles. The Morgan fingerprint density at radius 1 is 1.44 bits per heavy atom. The highest BCUT2D eigenvalue weighted by atomic mass is 15.0. The molecule has 0 spiro atoms. The summed E-state index contributed by atoms with van der Waals surface area (Å²) in [4.78, 5) is 4.38. The molecule has 1 fully saturated rings. The predicted octanol–water partition coefficient (Wildman–Crippen LogP) is 3.63. The smallest absolute Gasteiger partial charge is 0.126 e. The molecule has 0 radical (unpaired) electrons. The lowest BCUT2D eigenvalue weighted by atomic mass is 9.93. The molecular formula is C14H22N2. The Morgan fingerprint density at radius 2 is 2.25 bits per heavy atom. The SMILES string of the molecule is CCC1CCC(Nc2cc(C)ccn2)C1C. The zero-order valence-electron chi connectivity index (χ0n) is 10.5. The molecule has 3 atom stereocenters. The Bertz CT molecular complexity index is 348. The Morgan fingerprint density at radius 3 is 2.88 bits per heavy atom. The number of aromatic nitrogens is 1. The number of hydrogen-bond donors (Lipinski definition) is 1. The number of aryl methyl sites for hydroxylation is 1. The summed E-state index contributed by atoms with van der Waals surface area (Å²) in [5.41, 5.74) is 1.27. The first-order chi connectivity index (χ1) is 7.70. The van der Waals surface area contributed by atoms with Crippen LogP contribution >= 0.6 is 0 Å². The van der Waals surface area contributed by atoms with Crippen molar-refractivity contribution in [1.82, 2.24) is 4.98 Å². The minimum Gasteiger partial charge on any atom is -0.367 e. The third-order valence-corrected chi connectivity index (χ3v) is 4.00. The highest BCUT2D eigenvalue weighted by Crippen LogP contribution is 2.35. The van der Waals surface area contributed by atoms with Crippen LogP contribution in [-0.4, -0.2) is 11.0 Å². The van der Waals surface area contributed by atoms with Gasteiger partial charge < -0.3 is 5.32 Å². The Labute approximate surface area is 98.5 Å². The maximum Gasteiger partial charge on any atom is 0.126 e. The largest absolute Gasteiger partial charge is 0.367 e. The number of nitrogens with one attached hydrogen (secondary N) is 1. The molecule has 1 N–H and O–H groups in total. The third kappa shape index (κ3) is 2.37. The van der Waals surface area contributed by atoms with Gasteiger partial charge in [0.1, 0.15) is 5.82 Å². The predicted molar refractivity (Wildman–Crippen MR) is 68.6 cm³/mol. The van der Waals surface area contributed by atoms with E-state index >= 15 is 0 Å². The summed E-state index contributed by atoms with van der Waals surface area (Å²) in [6.07, 6.45) is 5.84. The number of hydrogen-bond acceptors (Lipinski definition) is 2. The molecule has 1 aliphatic rings. The average Bonchev–Trinajstić information content (AvgIpc) is 2.60. The topological polar surface area (TPSA) is 24.9 Å². The van der Waals surface area contributed by atoms with E-state index in [0.717, 1.165) is 17.7 Å². The second-order valence-corrected chi connectivity index (χ2v) is 5.07. The summed E-state index contributed by atoms with van der Waals surface area (Å²) < 4.78 is 0. The van der Waals surface area contributed by atoms with Crippen LogP contribution in [0.3, 0.4) is 0 Å². The molecule has 1 heterocycles. The second-order valence-electron chi connectivity index (χ2n) is 5.07. The van der Waals surface area contributed by atoms with Crippen LogP contribution in [0.4, 0.5) is 5.82 Å². The first kappa shape index (κ1) is 11.4. The first-order valence-electron chi connectivity index (χ1n) is 6.40. The monoisotopic (exact) mass is 218 g/mol. The highest BCUT2D eigenvalue weighted by Gasteiger charge is 2.31. The van der Waals surface area contributed by atoms with Crippen LogP contribution in [-0.2, 0) is 0 Å². The summed E-state index contributed by atoms with van der Waals surface area (Å²) in [6.45, 7) is 6.78. The lowest BCUT2D eigenvalue weighted by Gasteiger charge is -2.21. The molecule has 0 amide bonds. The zero-order valence-corrected chi connectivity index (χ0v) is 10.5. The van der Waals surface area contributed by atoms with Crippen LogP contribution in [0.15, 0.2) is 18.3 Å². The van der Waals surface area contributed by atoms with E-state index in [1.165, 1.54) is 24.8 Å². The molecule has 0 aliphatic heterocycles. The summed E-state index contributed by atoms with van der Waals surface area (Å²) in [6, 6.07) is 4.78. The van der Waals surface area contributed by atoms with Crippen LogP contribution in [0.2, 0.25) is 0 Å². The van der Waals surface area contributed by atoms with Crippen molar-refractivity contribution in [3.05, 3.63) is 23.9 Å². The molecule has 2 rings (SSSR count). The van der Waals surface area contributed by atoms with E-state index < -0.39 is 0 Å². The molecule has 1 aliphatic carbocycles. The lowest BCUT2D eigenvalue weighted by Crippen LogP contribution is -2.25. The minimum atomic E-state index is 0.610. The van der Waals surface area contributed by atoms with E-state index in [2.05, 4.69) is 37.1 Å². The van der Waals surface area contributed by atoms with Gasteiger partial charge in [-0.2, -0.15) is 0 Å². The minimum absolute atomic E-state index is 0.610. The van der Waals surface area contributed by atoms with Gasteiger partial charge in [0.05, 0.1) is 0 Å². The molecule has 2 nitrogen and oxygen atoms in total. The van der Waals surface area contributed by atoms with Gasteiger partial charge in [-0.3, -0.25) is 0 Å². The zero-order chi connectivity index (χ0) is 11.5. The number of rotatable bonds is 3. The fourth-order valence-corrected chi connectivity index (χ4v) is 2.83. The molecule has 16 heavy (non-hydrogen) atoms. The van der Waals surface area contributed by atoms with Crippen molar-refractivity contribution >= 4 is 5.82 Å². The van der Waals surface area contributed by atoms with Crippen molar-refractivity contribution in [2.45, 2.75) is 46.1 Å². The van der Waals surface area contributed by atoms with Gasteiger partial charge in [0.25, 0.3) is 0 Å². The lowest BCUT2D eigenvalue weighted by molar-refractivity contribution is 0.391. The van der Waals surface area contributed by atoms with E-state index in [9.17, 15) is 0 Å². The van der Waals surface area contributed by atoms with Crippen molar-refractivity contribution in [2.24, 2.45) is 11.8 Å². The van der Waals surface area contributed by atoms with Crippen LogP contribution in [0.25, 0.3) is 0 Å². The van der Waals surface area contributed by atoms with Crippen molar-refractivity contribution in [3.63, 3.8) is 0 Å². The maximum atomic E-state index is 4.38. The molecule has 1 aromatic heterocycles. The van der Waals surface area contributed by atoms with Gasteiger partial charge in [-0.15, -0.1) is 0 Å². The summed E-state index contributed by atoms with van der Waals surface area (Å²) in [5, 5.41) is 3.58. The quantitative estimate of drug-likeness (QED) is 0.838. The first-order valence-corrected chi connectivity index (χ1v) is 6.40. The Balaban J connectivity index is 2.00. The van der Waals surface area contributed by atoms with E-state index in [1.807, 2.05) is 12.3 Å². The number of anilines is 1. The molecule has 0 bridgehead atoms. The van der Waals surface area contributed by atoms with Crippen molar-refractivity contribution < 1.29 is 0 Å². The van der Waals surface area contributed by atoms with Gasteiger partial charge >= 0.3 is 0 Å². The molecule has 0 saturated heterocycles. The van der Waals surface area contributed by atoms with Gasteiger partial charge in [-0.25, -0.2) is 4.98 Å². The van der Waals surface area contributed by atoms with Crippen LogP contribution in [0, 0.1) is 18.8 Å². The molecule has 0 aromatic carbocycles. The van der Waals surface area contributed by atoms with E-state index in [4.69, 9.17) is 0 Å². The normalized spacial score (nSPS) is 29.3. The highest BCUT2D eigenvalue weighted by molar-refractivity contribution is 5.38. The molecule has 1 aromatic rings. The standard InChI is InChI=1S/C14H22N2/c1-4-12-5-6-13(11(12)3)16-14-9-10(2)7-8-15-14/h7-9,11-13H,4-6H2,1-3H3,(H,15,16).